The Morgan fingerprint density at radius 1 is 1.03 bits per heavy atom. The average molecular weight is 392 g/mol. The molecule has 0 aliphatic carbocycles. The summed E-state index contributed by atoms with van der Waals surface area (Å²) in [6.45, 7) is 3.66. The maximum absolute atomic E-state index is 13.0. The summed E-state index contributed by atoms with van der Waals surface area (Å²) in [6.07, 6.45) is 3.87. The number of carbonyl (C=O) groups excluding carboxylic acids is 2. The predicted molar refractivity (Wildman–Crippen MR) is 110 cm³/mol. The standard InChI is InChI=1S/C21H24N6O2/c22-20(28)19-13-18(24-27(19)17-6-2-1-3-7-17)21(29)26-11-9-25(10-12-26)15-16-5-4-8-23-14-16/h1-8,14,19H,9-13,15H2,(H2,22,28). The summed E-state index contributed by atoms with van der Waals surface area (Å²) < 4.78 is 0. The first-order chi connectivity index (χ1) is 14.1. The highest BCUT2D eigenvalue weighted by molar-refractivity contribution is 6.40. The second-order valence-electron chi connectivity index (χ2n) is 7.28. The number of hydrazone groups is 1. The number of piperazine rings is 1. The zero-order chi connectivity index (χ0) is 20.2. The molecule has 2 N–H and O–H groups in total. The third-order valence-corrected chi connectivity index (χ3v) is 5.29. The van der Waals surface area contributed by atoms with E-state index in [0.717, 1.165) is 30.9 Å². The van der Waals surface area contributed by atoms with Gasteiger partial charge >= 0.3 is 0 Å². The van der Waals surface area contributed by atoms with Gasteiger partial charge in [0.25, 0.3) is 5.91 Å². The number of pyridine rings is 1. The first-order valence-electron chi connectivity index (χ1n) is 9.73. The highest BCUT2D eigenvalue weighted by Crippen LogP contribution is 2.25. The van der Waals surface area contributed by atoms with Gasteiger partial charge in [0.15, 0.2) is 0 Å². The van der Waals surface area contributed by atoms with Gasteiger partial charge in [-0.05, 0) is 23.8 Å². The lowest BCUT2D eigenvalue weighted by atomic mass is 10.1. The fourth-order valence-electron chi connectivity index (χ4n) is 3.72. The molecular formula is C21H24N6O2. The van der Waals surface area contributed by atoms with Crippen LogP contribution < -0.4 is 10.7 Å². The molecule has 4 rings (SSSR count). The number of anilines is 1. The van der Waals surface area contributed by atoms with Crippen molar-refractivity contribution in [3.63, 3.8) is 0 Å². The minimum absolute atomic E-state index is 0.115. The molecule has 150 valence electrons. The lowest BCUT2D eigenvalue weighted by molar-refractivity contribution is -0.125. The molecule has 1 fully saturated rings. The number of primary amides is 1. The third-order valence-electron chi connectivity index (χ3n) is 5.29. The smallest absolute Gasteiger partial charge is 0.270 e. The molecule has 8 nitrogen and oxygen atoms in total. The topological polar surface area (TPSA) is 95.1 Å². The van der Waals surface area contributed by atoms with E-state index in [0.29, 0.717) is 18.8 Å². The number of rotatable bonds is 5. The summed E-state index contributed by atoms with van der Waals surface area (Å²) in [5, 5.41) is 6.02. The number of amides is 2. The lowest BCUT2D eigenvalue weighted by Gasteiger charge is -2.34. The van der Waals surface area contributed by atoms with E-state index in [4.69, 9.17) is 5.73 Å². The van der Waals surface area contributed by atoms with E-state index < -0.39 is 11.9 Å². The number of para-hydroxylation sites is 1. The van der Waals surface area contributed by atoms with Crippen LogP contribution in [0.3, 0.4) is 0 Å². The molecule has 1 aromatic carbocycles. The van der Waals surface area contributed by atoms with Crippen LogP contribution in [0.25, 0.3) is 0 Å². The van der Waals surface area contributed by atoms with Gasteiger partial charge in [0, 0.05) is 51.5 Å². The Labute approximate surface area is 169 Å². The molecule has 2 aliphatic heterocycles. The highest BCUT2D eigenvalue weighted by atomic mass is 16.2. The number of aromatic nitrogens is 1. The predicted octanol–water partition coefficient (Wildman–Crippen LogP) is 0.846. The van der Waals surface area contributed by atoms with E-state index >= 15 is 0 Å². The van der Waals surface area contributed by atoms with Crippen LogP contribution in [0, 0.1) is 0 Å². The van der Waals surface area contributed by atoms with Gasteiger partial charge in [-0.3, -0.25) is 24.5 Å². The van der Waals surface area contributed by atoms with E-state index in [9.17, 15) is 9.59 Å². The molecule has 0 bridgehead atoms. The van der Waals surface area contributed by atoms with Gasteiger partial charge < -0.3 is 10.6 Å². The van der Waals surface area contributed by atoms with Crippen LogP contribution in [0.5, 0.6) is 0 Å². The highest BCUT2D eigenvalue weighted by Gasteiger charge is 2.37. The fraction of sp³-hybridized carbons (Fsp3) is 0.333. The maximum atomic E-state index is 13.0. The van der Waals surface area contributed by atoms with E-state index in [-0.39, 0.29) is 12.3 Å². The third kappa shape index (κ3) is 4.27. The van der Waals surface area contributed by atoms with E-state index in [1.54, 1.807) is 11.2 Å². The normalized spacial score (nSPS) is 19.9. The molecule has 0 saturated carbocycles. The molecule has 29 heavy (non-hydrogen) atoms. The van der Waals surface area contributed by atoms with Crippen molar-refractivity contribution in [1.82, 2.24) is 14.8 Å². The van der Waals surface area contributed by atoms with Crippen molar-refractivity contribution < 1.29 is 9.59 Å². The first-order valence-corrected chi connectivity index (χ1v) is 9.73. The van der Waals surface area contributed by atoms with Crippen LogP contribution in [0.1, 0.15) is 12.0 Å². The molecule has 1 aromatic heterocycles. The monoisotopic (exact) mass is 392 g/mol. The number of carbonyl (C=O) groups is 2. The molecule has 0 spiro atoms. The summed E-state index contributed by atoms with van der Waals surface area (Å²) in [6, 6.07) is 12.7. The molecule has 0 radical (unpaired) electrons. The number of hydrogen-bond donors (Lipinski definition) is 1. The van der Waals surface area contributed by atoms with Gasteiger partial charge in [0.2, 0.25) is 5.91 Å². The van der Waals surface area contributed by atoms with Crippen molar-refractivity contribution in [1.29, 1.82) is 0 Å². The number of hydrogen-bond acceptors (Lipinski definition) is 6. The Kier molecular flexibility index (Phi) is 5.53. The summed E-state index contributed by atoms with van der Waals surface area (Å²) in [5.74, 6) is -0.600. The van der Waals surface area contributed by atoms with Gasteiger partial charge in [-0.15, -0.1) is 0 Å². The summed E-state index contributed by atoms with van der Waals surface area (Å²) in [4.78, 5) is 33.2. The van der Waals surface area contributed by atoms with Crippen LogP contribution >= 0.6 is 0 Å². The minimum atomic E-state index is -0.636. The van der Waals surface area contributed by atoms with Gasteiger partial charge in [-0.25, -0.2) is 0 Å². The molecule has 1 saturated heterocycles. The van der Waals surface area contributed by atoms with Gasteiger partial charge in [-0.1, -0.05) is 24.3 Å². The molecule has 2 aliphatic rings. The van der Waals surface area contributed by atoms with Crippen LogP contribution in [0.2, 0.25) is 0 Å². The van der Waals surface area contributed by atoms with Crippen LogP contribution in [-0.4, -0.2) is 64.5 Å². The van der Waals surface area contributed by atoms with Crippen molar-refractivity contribution >= 4 is 23.2 Å². The Bertz CT molecular complexity index is 894. The summed E-state index contributed by atoms with van der Waals surface area (Å²) >= 11 is 0. The molecule has 2 amide bonds. The number of nitrogens with zero attached hydrogens (tertiary/aromatic N) is 5. The van der Waals surface area contributed by atoms with E-state index in [1.807, 2.05) is 47.5 Å². The second-order valence-corrected chi connectivity index (χ2v) is 7.28. The van der Waals surface area contributed by atoms with Crippen molar-refractivity contribution in [3.05, 3.63) is 60.4 Å². The zero-order valence-electron chi connectivity index (χ0n) is 16.1. The molecule has 1 atom stereocenters. The molecule has 2 aromatic rings. The van der Waals surface area contributed by atoms with Crippen LogP contribution in [-0.2, 0) is 16.1 Å². The van der Waals surface area contributed by atoms with Crippen molar-refractivity contribution in [2.45, 2.75) is 19.0 Å². The van der Waals surface area contributed by atoms with E-state index in [2.05, 4.69) is 21.1 Å². The van der Waals surface area contributed by atoms with Gasteiger partial charge in [-0.2, -0.15) is 5.10 Å². The Balaban J connectivity index is 1.40. The molecular weight excluding hydrogens is 368 g/mol. The van der Waals surface area contributed by atoms with Crippen LogP contribution in [0.15, 0.2) is 60.0 Å². The zero-order valence-corrected chi connectivity index (χ0v) is 16.1. The summed E-state index contributed by atoms with van der Waals surface area (Å²) in [7, 11) is 0. The number of nitrogens with two attached hydrogens (primary N) is 1. The largest absolute Gasteiger partial charge is 0.368 e. The van der Waals surface area contributed by atoms with Crippen molar-refractivity contribution in [2.24, 2.45) is 10.8 Å². The lowest BCUT2D eigenvalue weighted by Crippen LogP contribution is -2.50. The number of benzene rings is 1. The maximum Gasteiger partial charge on any atom is 0.270 e. The van der Waals surface area contributed by atoms with Gasteiger partial charge in [0.05, 0.1) is 5.69 Å². The van der Waals surface area contributed by atoms with Crippen LogP contribution in [0.4, 0.5) is 5.69 Å². The van der Waals surface area contributed by atoms with Gasteiger partial charge in [0.1, 0.15) is 11.8 Å². The Hall–Kier alpha value is -3.26. The second kappa shape index (κ2) is 8.40. The van der Waals surface area contributed by atoms with Crippen molar-refractivity contribution in [3.8, 4) is 0 Å². The minimum Gasteiger partial charge on any atom is -0.368 e. The molecule has 1 unspecified atom stereocenters. The quantitative estimate of drug-likeness (QED) is 0.814. The first kappa shape index (κ1) is 19.1. The van der Waals surface area contributed by atoms with E-state index in [1.165, 1.54) is 0 Å². The van der Waals surface area contributed by atoms with Crippen molar-refractivity contribution in [2.75, 3.05) is 31.2 Å². The molecule has 3 heterocycles. The molecule has 8 heteroatoms. The SMILES string of the molecule is NC(=O)C1CC(C(=O)N2CCN(Cc3cccnc3)CC2)=NN1c1ccccc1. The Morgan fingerprint density at radius 2 is 1.79 bits per heavy atom. The average Bonchev–Trinajstić information content (AvgIpc) is 3.21. The fourth-order valence-corrected chi connectivity index (χ4v) is 3.72. The Morgan fingerprint density at radius 3 is 2.45 bits per heavy atom. The summed E-state index contributed by atoms with van der Waals surface area (Å²) in [5.41, 5.74) is 7.87.